The van der Waals surface area contributed by atoms with Gasteiger partial charge in [0.1, 0.15) is 31.2 Å². The lowest BCUT2D eigenvalue weighted by atomic mass is 9.75. The van der Waals surface area contributed by atoms with Crippen LogP contribution in [0, 0.1) is 17.8 Å². The van der Waals surface area contributed by atoms with Gasteiger partial charge in [-0.2, -0.15) is 0 Å². The molecule has 0 aliphatic carbocycles. The smallest absolute Gasteiger partial charge is 0.303 e. The Kier molecular flexibility index (Phi) is 14.4. The molecule has 38 heavy (non-hydrogen) atoms. The molecule has 1 aromatic carbocycles. The Bertz CT molecular complexity index is 819. The van der Waals surface area contributed by atoms with Crippen LogP contribution in [0.25, 0.3) is 0 Å². The standard InChI is InChI=1S/C28H45NO9/c1-7-19(2)26-20(3)27(37-22(5)31)25(18-36-21(4)30)38-28(26)35-17-15-33-13-12-32-14-16-34-24-10-8-23(29-6)9-11-24/h8-11,19-20,25-29H,7,12-18H2,1-6H3/t19-,20?,25?,26?,27?,28?/m1/s1. The van der Waals surface area contributed by atoms with Crippen LogP contribution in [0.5, 0.6) is 5.75 Å². The zero-order valence-corrected chi connectivity index (χ0v) is 23.6. The molecule has 0 aromatic heterocycles. The molecule has 0 saturated carbocycles. The van der Waals surface area contributed by atoms with E-state index in [4.69, 9.17) is 33.2 Å². The topological polar surface area (TPSA) is 111 Å². The molecule has 0 spiro atoms. The maximum absolute atomic E-state index is 11.8. The van der Waals surface area contributed by atoms with Crippen molar-refractivity contribution in [1.82, 2.24) is 0 Å². The molecule has 1 aliphatic heterocycles. The van der Waals surface area contributed by atoms with Crippen LogP contribution in [-0.4, -0.2) is 83.7 Å². The van der Waals surface area contributed by atoms with Crippen LogP contribution >= 0.6 is 0 Å². The lowest BCUT2D eigenvalue weighted by Gasteiger charge is -2.46. The molecule has 1 aromatic rings. The second-order valence-corrected chi connectivity index (χ2v) is 9.46. The first kappa shape index (κ1) is 31.8. The van der Waals surface area contributed by atoms with E-state index >= 15 is 0 Å². The Morgan fingerprint density at radius 3 is 2.18 bits per heavy atom. The fraction of sp³-hybridized carbons (Fsp3) is 0.714. The van der Waals surface area contributed by atoms with Crippen molar-refractivity contribution in [2.75, 3.05) is 58.6 Å². The van der Waals surface area contributed by atoms with Crippen LogP contribution in [0.15, 0.2) is 24.3 Å². The van der Waals surface area contributed by atoms with E-state index in [0.29, 0.717) is 39.6 Å². The van der Waals surface area contributed by atoms with Crippen molar-refractivity contribution >= 4 is 17.6 Å². The highest BCUT2D eigenvalue weighted by Gasteiger charge is 2.47. The molecule has 0 amide bonds. The molecule has 10 nitrogen and oxygen atoms in total. The number of esters is 2. The molecule has 10 heteroatoms. The fourth-order valence-corrected chi connectivity index (χ4v) is 4.54. The van der Waals surface area contributed by atoms with Gasteiger partial charge in [-0.05, 0) is 30.2 Å². The van der Waals surface area contributed by atoms with E-state index in [1.807, 2.05) is 38.2 Å². The number of rotatable bonds is 17. The monoisotopic (exact) mass is 539 g/mol. The summed E-state index contributed by atoms with van der Waals surface area (Å²) in [6, 6.07) is 7.72. The summed E-state index contributed by atoms with van der Waals surface area (Å²) in [4.78, 5) is 23.1. The molecule has 1 saturated heterocycles. The highest BCUT2D eigenvalue weighted by molar-refractivity contribution is 5.66. The minimum atomic E-state index is -0.610. The van der Waals surface area contributed by atoms with Crippen molar-refractivity contribution in [2.45, 2.75) is 59.5 Å². The highest BCUT2D eigenvalue weighted by Crippen LogP contribution is 2.39. The molecular weight excluding hydrogens is 494 g/mol. The van der Waals surface area contributed by atoms with Gasteiger partial charge in [-0.3, -0.25) is 9.59 Å². The summed E-state index contributed by atoms with van der Waals surface area (Å²) in [5.41, 5.74) is 1.03. The Morgan fingerprint density at radius 1 is 0.974 bits per heavy atom. The predicted octanol–water partition coefficient (Wildman–Crippen LogP) is 3.68. The SMILES string of the molecule is CC[C@@H](C)C1C(OCCOCCOCCOc2ccc(NC)cc2)OC(COC(C)=O)C(OC(C)=O)C1C. The van der Waals surface area contributed by atoms with Gasteiger partial charge < -0.3 is 38.5 Å². The van der Waals surface area contributed by atoms with Crippen molar-refractivity contribution in [3.63, 3.8) is 0 Å². The summed E-state index contributed by atoms with van der Waals surface area (Å²) in [6.07, 6.45) is -0.763. The van der Waals surface area contributed by atoms with Gasteiger partial charge in [-0.1, -0.05) is 27.2 Å². The van der Waals surface area contributed by atoms with Gasteiger partial charge >= 0.3 is 11.9 Å². The third-order valence-electron chi connectivity index (χ3n) is 6.69. The number of ether oxygens (including phenoxy) is 7. The predicted molar refractivity (Wildman–Crippen MR) is 142 cm³/mol. The third kappa shape index (κ3) is 10.8. The average molecular weight is 540 g/mol. The van der Waals surface area contributed by atoms with Crippen molar-refractivity contribution in [2.24, 2.45) is 17.8 Å². The molecule has 216 valence electrons. The lowest BCUT2D eigenvalue weighted by Crippen LogP contribution is -2.55. The largest absolute Gasteiger partial charge is 0.491 e. The van der Waals surface area contributed by atoms with Gasteiger partial charge in [-0.25, -0.2) is 0 Å². The van der Waals surface area contributed by atoms with Crippen molar-refractivity contribution < 1.29 is 42.7 Å². The number of benzene rings is 1. The van der Waals surface area contributed by atoms with Crippen LogP contribution < -0.4 is 10.1 Å². The summed E-state index contributed by atoms with van der Waals surface area (Å²) >= 11 is 0. The number of carbonyl (C=O) groups excluding carboxylic acids is 2. The number of hydrogen-bond acceptors (Lipinski definition) is 10. The minimum Gasteiger partial charge on any atom is -0.491 e. The summed E-state index contributed by atoms with van der Waals surface area (Å²) in [7, 11) is 1.87. The van der Waals surface area contributed by atoms with Crippen LogP contribution in [-0.2, 0) is 38.0 Å². The van der Waals surface area contributed by atoms with E-state index in [2.05, 4.69) is 19.2 Å². The molecule has 1 aliphatic rings. The third-order valence-corrected chi connectivity index (χ3v) is 6.69. The Hall–Kier alpha value is -2.40. The number of nitrogens with one attached hydrogen (secondary N) is 1. The van der Waals surface area contributed by atoms with Gasteiger partial charge in [0, 0.05) is 38.4 Å². The second-order valence-electron chi connectivity index (χ2n) is 9.46. The van der Waals surface area contributed by atoms with Gasteiger partial charge in [0.05, 0.1) is 33.0 Å². The molecule has 0 bridgehead atoms. The molecule has 5 unspecified atom stereocenters. The quantitative estimate of drug-likeness (QED) is 0.232. The number of anilines is 1. The summed E-state index contributed by atoms with van der Waals surface area (Å²) in [6.45, 7) is 11.5. The number of carbonyl (C=O) groups is 2. The van der Waals surface area contributed by atoms with Gasteiger partial charge in [0.15, 0.2) is 6.29 Å². The Balaban J connectivity index is 1.73. The molecule has 2 rings (SSSR count). The summed E-state index contributed by atoms with van der Waals surface area (Å²) < 4.78 is 39.9. The molecular formula is C28H45NO9. The maximum atomic E-state index is 11.8. The lowest BCUT2D eigenvalue weighted by molar-refractivity contribution is -0.285. The summed E-state index contributed by atoms with van der Waals surface area (Å²) in [5.74, 6) is 0.188. The Morgan fingerprint density at radius 2 is 1.61 bits per heavy atom. The fourth-order valence-electron chi connectivity index (χ4n) is 4.54. The zero-order chi connectivity index (χ0) is 27.9. The first-order valence-electron chi connectivity index (χ1n) is 13.4. The summed E-state index contributed by atoms with van der Waals surface area (Å²) in [5, 5.41) is 3.07. The van der Waals surface area contributed by atoms with Gasteiger partial charge in [0.2, 0.25) is 0 Å². The molecule has 0 radical (unpaired) electrons. The van der Waals surface area contributed by atoms with E-state index in [-0.39, 0.29) is 24.4 Å². The minimum absolute atomic E-state index is 0.00398. The normalized spacial score (nSPS) is 23.9. The highest BCUT2D eigenvalue weighted by atomic mass is 16.7. The second kappa shape index (κ2) is 17.2. The molecule has 1 heterocycles. The van der Waals surface area contributed by atoms with E-state index in [1.54, 1.807) is 0 Å². The molecule has 1 N–H and O–H groups in total. The average Bonchev–Trinajstić information content (AvgIpc) is 2.89. The first-order valence-corrected chi connectivity index (χ1v) is 13.4. The van der Waals surface area contributed by atoms with E-state index < -0.39 is 30.4 Å². The zero-order valence-electron chi connectivity index (χ0n) is 23.6. The number of hydrogen-bond donors (Lipinski definition) is 1. The maximum Gasteiger partial charge on any atom is 0.303 e. The van der Waals surface area contributed by atoms with E-state index in [0.717, 1.165) is 17.9 Å². The van der Waals surface area contributed by atoms with Gasteiger partial charge in [0.25, 0.3) is 0 Å². The Labute approximate surface area is 226 Å². The van der Waals surface area contributed by atoms with Crippen LogP contribution in [0.3, 0.4) is 0 Å². The van der Waals surface area contributed by atoms with Crippen LogP contribution in [0.1, 0.15) is 41.0 Å². The van der Waals surface area contributed by atoms with Crippen molar-refractivity contribution in [3.8, 4) is 5.75 Å². The van der Waals surface area contributed by atoms with Crippen molar-refractivity contribution in [3.05, 3.63) is 24.3 Å². The van der Waals surface area contributed by atoms with Crippen LogP contribution in [0.4, 0.5) is 5.69 Å². The van der Waals surface area contributed by atoms with E-state index in [1.165, 1.54) is 13.8 Å². The van der Waals surface area contributed by atoms with Crippen LogP contribution in [0.2, 0.25) is 0 Å². The van der Waals surface area contributed by atoms with Crippen molar-refractivity contribution in [1.29, 1.82) is 0 Å². The first-order chi connectivity index (χ1) is 18.3. The molecule has 6 atom stereocenters. The van der Waals surface area contributed by atoms with E-state index in [9.17, 15) is 9.59 Å². The molecule has 1 fully saturated rings. The van der Waals surface area contributed by atoms with Gasteiger partial charge in [-0.15, -0.1) is 0 Å².